The first-order chi connectivity index (χ1) is 10.4. The van der Waals surface area contributed by atoms with Gasteiger partial charge in [0.1, 0.15) is 18.1 Å². The maximum Gasteiger partial charge on any atom is 0.274 e. The van der Waals surface area contributed by atoms with E-state index in [1.807, 2.05) is 39.8 Å². The Morgan fingerprint density at radius 1 is 1.32 bits per heavy atom. The van der Waals surface area contributed by atoms with Crippen molar-refractivity contribution in [2.75, 3.05) is 0 Å². The molecule has 5 heteroatoms. The number of rotatable bonds is 5. The van der Waals surface area contributed by atoms with Crippen LogP contribution in [0.25, 0.3) is 0 Å². The van der Waals surface area contributed by atoms with E-state index in [2.05, 4.69) is 16.5 Å². The van der Waals surface area contributed by atoms with Crippen LogP contribution in [0.4, 0.5) is 0 Å². The summed E-state index contributed by atoms with van der Waals surface area (Å²) in [5, 5.41) is 6.66. The molecule has 5 nitrogen and oxygen atoms in total. The maximum absolute atomic E-state index is 12.1. The molecule has 0 saturated carbocycles. The smallest absolute Gasteiger partial charge is 0.274 e. The van der Waals surface area contributed by atoms with Crippen LogP contribution in [0.5, 0.6) is 5.75 Å². The van der Waals surface area contributed by atoms with Gasteiger partial charge >= 0.3 is 0 Å². The topological polar surface area (TPSA) is 64.4 Å². The van der Waals surface area contributed by atoms with Crippen molar-refractivity contribution >= 4 is 5.91 Å². The molecule has 0 spiro atoms. The average molecular weight is 302 g/mol. The highest BCUT2D eigenvalue weighted by molar-refractivity contribution is 5.93. The summed E-state index contributed by atoms with van der Waals surface area (Å²) in [4.78, 5) is 12.1. The number of carbonyl (C=O) groups is 1. The minimum atomic E-state index is -0.244. The van der Waals surface area contributed by atoms with Crippen LogP contribution >= 0.6 is 0 Å². The number of carbonyl (C=O) groups excluding carboxylic acids is 1. The Bertz CT molecular complexity index is 675. The molecule has 1 N–H and O–H groups in total. The van der Waals surface area contributed by atoms with Crippen molar-refractivity contribution in [2.45, 2.75) is 47.3 Å². The molecule has 118 valence electrons. The van der Waals surface area contributed by atoms with Gasteiger partial charge in [0.15, 0.2) is 5.69 Å². The van der Waals surface area contributed by atoms with Gasteiger partial charge in [0, 0.05) is 6.04 Å². The van der Waals surface area contributed by atoms with Crippen LogP contribution in [0.3, 0.4) is 0 Å². The molecule has 0 aliphatic heterocycles. The van der Waals surface area contributed by atoms with Crippen molar-refractivity contribution in [3.63, 3.8) is 0 Å². The zero-order chi connectivity index (χ0) is 16.3. The van der Waals surface area contributed by atoms with Gasteiger partial charge in [-0.25, -0.2) is 0 Å². The van der Waals surface area contributed by atoms with Gasteiger partial charge in [0.2, 0.25) is 0 Å². The second kappa shape index (κ2) is 6.64. The predicted octanol–water partition coefficient (Wildman–Crippen LogP) is 3.32. The third kappa shape index (κ3) is 3.67. The molecule has 0 aliphatic rings. The van der Waals surface area contributed by atoms with Crippen LogP contribution in [0, 0.1) is 20.8 Å². The molecule has 0 radical (unpaired) electrons. The van der Waals surface area contributed by atoms with E-state index in [9.17, 15) is 4.79 Å². The lowest BCUT2D eigenvalue weighted by molar-refractivity contribution is 0.0932. The fourth-order valence-electron chi connectivity index (χ4n) is 2.18. The van der Waals surface area contributed by atoms with Gasteiger partial charge in [-0.15, -0.1) is 0 Å². The highest BCUT2D eigenvalue weighted by Crippen LogP contribution is 2.22. The molecular formula is C17H22N2O3. The number of aryl methyl sites for hydroxylation is 3. The van der Waals surface area contributed by atoms with E-state index in [0.29, 0.717) is 11.3 Å². The summed E-state index contributed by atoms with van der Waals surface area (Å²) in [5.41, 5.74) is 3.21. The normalized spacial score (nSPS) is 10.8. The number of ether oxygens (including phenoxy) is 1. The van der Waals surface area contributed by atoms with Gasteiger partial charge in [-0.3, -0.25) is 4.79 Å². The maximum atomic E-state index is 12.1. The van der Waals surface area contributed by atoms with E-state index >= 15 is 0 Å². The number of aromatic nitrogens is 1. The molecule has 0 fully saturated rings. The van der Waals surface area contributed by atoms with Gasteiger partial charge in [-0.2, -0.15) is 0 Å². The molecule has 0 atom stereocenters. The lowest BCUT2D eigenvalue weighted by Crippen LogP contribution is -2.31. The Morgan fingerprint density at radius 3 is 2.68 bits per heavy atom. The first-order valence-electron chi connectivity index (χ1n) is 7.34. The largest absolute Gasteiger partial charge is 0.488 e. The number of hydrogen-bond acceptors (Lipinski definition) is 4. The van der Waals surface area contributed by atoms with Gasteiger partial charge < -0.3 is 14.6 Å². The first-order valence-corrected chi connectivity index (χ1v) is 7.34. The molecule has 1 amide bonds. The lowest BCUT2D eigenvalue weighted by Gasteiger charge is -2.11. The van der Waals surface area contributed by atoms with Gasteiger partial charge in [-0.05, 0) is 46.2 Å². The van der Waals surface area contributed by atoms with Crippen LogP contribution in [0.15, 0.2) is 22.7 Å². The van der Waals surface area contributed by atoms with Crippen molar-refractivity contribution in [2.24, 2.45) is 0 Å². The number of nitrogens with zero attached hydrogens (tertiary/aromatic N) is 1. The number of hydrogen-bond donors (Lipinski definition) is 1. The zero-order valence-electron chi connectivity index (χ0n) is 13.7. The summed E-state index contributed by atoms with van der Waals surface area (Å²) >= 11 is 0. The molecule has 2 rings (SSSR count). The van der Waals surface area contributed by atoms with E-state index in [1.54, 1.807) is 6.92 Å². The van der Waals surface area contributed by atoms with Gasteiger partial charge in [-0.1, -0.05) is 22.9 Å². The van der Waals surface area contributed by atoms with Crippen LogP contribution in [-0.4, -0.2) is 17.1 Å². The summed E-state index contributed by atoms with van der Waals surface area (Å²) < 4.78 is 11.0. The Hall–Kier alpha value is -2.30. The minimum absolute atomic E-state index is 0.0395. The number of amides is 1. The fourth-order valence-corrected chi connectivity index (χ4v) is 2.18. The van der Waals surface area contributed by atoms with Crippen molar-refractivity contribution in [3.8, 4) is 5.75 Å². The summed E-state index contributed by atoms with van der Waals surface area (Å²) in [7, 11) is 0. The molecular weight excluding hydrogens is 280 g/mol. The molecule has 2 aromatic rings. The van der Waals surface area contributed by atoms with Gasteiger partial charge in [0.05, 0.1) is 5.56 Å². The molecule has 1 heterocycles. The Kier molecular flexibility index (Phi) is 4.85. The van der Waals surface area contributed by atoms with E-state index in [4.69, 9.17) is 9.26 Å². The molecule has 0 aliphatic carbocycles. The predicted molar refractivity (Wildman–Crippen MR) is 84.1 cm³/mol. The monoisotopic (exact) mass is 302 g/mol. The average Bonchev–Trinajstić information content (AvgIpc) is 2.78. The summed E-state index contributed by atoms with van der Waals surface area (Å²) in [5.74, 6) is 1.14. The van der Waals surface area contributed by atoms with E-state index in [1.165, 1.54) is 5.56 Å². The van der Waals surface area contributed by atoms with Crippen LogP contribution in [-0.2, 0) is 6.61 Å². The third-order valence-electron chi connectivity index (χ3n) is 3.32. The molecule has 0 unspecified atom stereocenters. The fraction of sp³-hybridized carbons (Fsp3) is 0.412. The van der Waals surface area contributed by atoms with Crippen molar-refractivity contribution in [3.05, 3.63) is 46.3 Å². The summed E-state index contributed by atoms with van der Waals surface area (Å²) in [6.45, 7) is 9.86. The molecule has 1 aromatic heterocycles. The Balaban J connectivity index is 2.16. The van der Waals surface area contributed by atoms with Crippen LogP contribution in [0.2, 0.25) is 0 Å². The van der Waals surface area contributed by atoms with Gasteiger partial charge in [0.25, 0.3) is 5.91 Å². The van der Waals surface area contributed by atoms with Crippen LogP contribution in [0.1, 0.15) is 46.8 Å². The number of nitrogens with one attached hydrogen (secondary N) is 1. The van der Waals surface area contributed by atoms with E-state index < -0.39 is 0 Å². The highest BCUT2D eigenvalue weighted by Gasteiger charge is 2.21. The molecule has 22 heavy (non-hydrogen) atoms. The molecule has 1 aromatic carbocycles. The second-order valence-electron chi connectivity index (χ2n) is 5.75. The summed E-state index contributed by atoms with van der Waals surface area (Å²) in [6.07, 6.45) is 0. The third-order valence-corrected chi connectivity index (χ3v) is 3.32. The van der Waals surface area contributed by atoms with E-state index in [0.717, 1.165) is 11.3 Å². The zero-order valence-corrected chi connectivity index (χ0v) is 13.7. The molecule has 0 saturated heterocycles. The quantitative estimate of drug-likeness (QED) is 0.920. The second-order valence-corrected chi connectivity index (χ2v) is 5.75. The minimum Gasteiger partial charge on any atom is -0.488 e. The lowest BCUT2D eigenvalue weighted by atomic mass is 10.1. The van der Waals surface area contributed by atoms with Crippen molar-refractivity contribution in [1.82, 2.24) is 10.5 Å². The van der Waals surface area contributed by atoms with Crippen LogP contribution < -0.4 is 10.1 Å². The SMILES string of the molecule is Cc1ccc(OCc2c(C(=O)NC(C)C)noc2C)c(C)c1. The molecule has 0 bridgehead atoms. The highest BCUT2D eigenvalue weighted by atomic mass is 16.5. The number of benzene rings is 1. The summed E-state index contributed by atoms with van der Waals surface area (Å²) in [6, 6.07) is 6.02. The Morgan fingerprint density at radius 2 is 2.05 bits per heavy atom. The first kappa shape index (κ1) is 16.1. The Labute approximate surface area is 130 Å². The van der Waals surface area contributed by atoms with Crippen molar-refractivity contribution in [1.29, 1.82) is 0 Å². The standard InChI is InChI=1S/C17H22N2O3/c1-10(2)18-17(20)16-14(13(5)22-19-16)9-21-15-7-6-11(3)8-12(15)4/h6-8,10H,9H2,1-5H3,(H,18,20). The van der Waals surface area contributed by atoms with Crippen molar-refractivity contribution < 1.29 is 14.1 Å². The van der Waals surface area contributed by atoms with E-state index in [-0.39, 0.29) is 24.2 Å².